The third-order valence-corrected chi connectivity index (χ3v) is 2.82. The molecule has 0 aliphatic heterocycles. The summed E-state index contributed by atoms with van der Waals surface area (Å²) in [5.74, 6) is -9.52. The average Bonchev–Trinajstić information content (AvgIpc) is 1.93. The SMILES string of the molecule is O=S(=O)(F)CC(F)(CS(=O)(=O)F)OC(F)(F)CF. The smallest absolute Gasteiger partial charge is 0.278 e. The van der Waals surface area contributed by atoms with E-state index in [0.717, 1.165) is 0 Å². The molecule has 0 aromatic carbocycles. The van der Waals surface area contributed by atoms with Gasteiger partial charge in [0.2, 0.25) is 5.85 Å². The zero-order chi connectivity index (χ0) is 14.8. The molecule has 0 rings (SSSR count). The van der Waals surface area contributed by atoms with Gasteiger partial charge < -0.3 is 0 Å². The van der Waals surface area contributed by atoms with Crippen molar-refractivity contribution in [3.05, 3.63) is 0 Å². The molecule has 13 heteroatoms. The van der Waals surface area contributed by atoms with E-state index >= 15 is 0 Å². The van der Waals surface area contributed by atoms with E-state index in [1.165, 1.54) is 0 Å². The van der Waals surface area contributed by atoms with Crippen LogP contribution < -0.4 is 0 Å². The Morgan fingerprint density at radius 3 is 1.44 bits per heavy atom. The monoisotopic (exact) mass is 324 g/mol. The summed E-state index contributed by atoms with van der Waals surface area (Å²) >= 11 is 0. The number of halogens is 6. The molecule has 110 valence electrons. The van der Waals surface area contributed by atoms with Gasteiger partial charge in [-0.15, -0.1) is 7.77 Å². The van der Waals surface area contributed by atoms with Crippen LogP contribution in [-0.4, -0.2) is 47.0 Å². The van der Waals surface area contributed by atoms with Crippen molar-refractivity contribution < 1.29 is 46.9 Å². The highest BCUT2D eigenvalue weighted by Crippen LogP contribution is 2.29. The van der Waals surface area contributed by atoms with Gasteiger partial charge in [0.25, 0.3) is 0 Å². The van der Waals surface area contributed by atoms with E-state index in [1.807, 2.05) is 0 Å². The first-order valence-corrected chi connectivity index (χ1v) is 6.96. The summed E-state index contributed by atoms with van der Waals surface area (Å²) in [5, 5.41) is 0. The van der Waals surface area contributed by atoms with Gasteiger partial charge in [-0.25, -0.2) is 8.78 Å². The third kappa shape index (κ3) is 7.71. The van der Waals surface area contributed by atoms with E-state index < -0.39 is 50.6 Å². The van der Waals surface area contributed by atoms with Gasteiger partial charge in [0.1, 0.15) is 11.5 Å². The molecule has 0 aromatic heterocycles. The van der Waals surface area contributed by atoms with Crippen molar-refractivity contribution in [3.63, 3.8) is 0 Å². The van der Waals surface area contributed by atoms with Crippen LogP contribution >= 0.6 is 0 Å². The number of ether oxygens (including phenoxy) is 1. The van der Waals surface area contributed by atoms with E-state index in [-0.39, 0.29) is 0 Å². The molecule has 0 saturated carbocycles. The predicted octanol–water partition coefficient (Wildman–Crippen LogP) is 0.830. The van der Waals surface area contributed by atoms with Gasteiger partial charge in [0.05, 0.1) is 0 Å². The molecule has 0 N–H and O–H groups in total. The van der Waals surface area contributed by atoms with Crippen LogP contribution in [0.25, 0.3) is 0 Å². The Hall–Kier alpha value is -0.560. The van der Waals surface area contributed by atoms with Gasteiger partial charge in [-0.2, -0.15) is 25.6 Å². The lowest BCUT2D eigenvalue weighted by atomic mass is 10.4. The molecule has 0 atom stereocenters. The normalized spacial score (nSPS) is 14.8. The molecule has 0 aliphatic rings. The Bertz CT molecular complexity index is 450. The second kappa shape index (κ2) is 5.21. The van der Waals surface area contributed by atoms with Crippen LogP contribution in [0.2, 0.25) is 0 Å². The Morgan fingerprint density at radius 1 is 0.889 bits per heavy atom. The number of hydrogen-bond donors (Lipinski definition) is 0. The molecular weight excluding hydrogens is 318 g/mol. The average molecular weight is 324 g/mol. The first-order chi connectivity index (χ1) is 7.68. The lowest BCUT2D eigenvalue weighted by Gasteiger charge is -2.25. The van der Waals surface area contributed by atoms with Crippen LogP contribution in [0.4, 0.5) is 25.3 Å². The van der Waals surface area contributed by atoms with Crippen LogP contribution in [0, 0.1) is 0 Å². The summed E-state index contributed by atoms with van der Waals surface area (Å²) in [6.07, 6.45) is -4.94. The standard InChI is InChI=1S/C5H6F6O5S2/c6-1-5(8,9)16-4(7,2-17(10,12)13)3-18(11,14)15/h1-3H2. The van der Waals surface area contributed by atoms with Gasteiger partial charge >= 0.3 is 26.6 Å². The Kier molecular flexibility index (Phi) is 5.04. The van der Waals surface area contributed by atoms with Crippen molar-refractivity contribution in [1.82, 2.24) is 0 Å². The fourth-order valence-electron chi connectivity index (χ4n) is 0.910. The topological polar surface area (TPSA) is 77.5 Å². The van der Waals surface area contributed by atoms with E-state index in [2.05, 4.69) is 4.74 Å². The summed E-state index contributed by atoms with van der Waals surface area (Å²) in [7, 11) is -11.6. The van der Waals surface area contributed by atoms with Crippen molar-refractivity contribution in [1.29, 1.82) is 0 Å². The molecule has 0 saturated heterocycles. The molecule has 0 fully saturated rings. The van der Waals surface area contributed by atoms with Gasteiger partial charge in [0, 0.05) is 0 Å². The van der Waals surface area contributed by atoms with Gasteiger partial charge in [-0.1, -0.05) is 0 Å². The maximum absolute atomic E-state index is 13.4. The third-order valence-electron chi connectivity index (χ3n) is 1.26. The summed E-state index contributed by atoms with van der Waals surface area (Å²) in [6, 6.07) is 0. The molecule has 0 heterocycles. The fraction of sp³-hybridized carbons (Fsp3) is 1.00. The Labute approximate surface area is 98.1 Å². The largest absolute Gasteiger partial charge is 0.386 e. The van der Waals surface area contributed by atoms with E-state index in [4.69, 9.17) is 0 Å². The molecule has 0 aliphatic carbocycles. The highest BCUT2D eigenvalue weighted by Gasteiger charge is 2.49. The van der Waals surface area contributed by atoms with Crippen LogP contribution in [0.3, 0.4) is 0 Å². The van der Waals surface area contributed by atoms with Crippen molar-refractivity contribution in [2.75, 3.05) is 18.2 Å². The van der Waals surface area contributed by atoms with Crippen LogP contribution in [0.15, 0.2) is 0 Å². The summed E-state index contributed by atoms with van der Waals surface area (Å²) in [6.45, 7) is -2.66. The molecule has 0 radical (unpaired) electrons. The van der Waals surface area contributed by atoms with E-state index in [0.29, 0.717) is 0 Å². The number of alkyl halides is 4. The molecular formula is C5H6F6O5S2. The van der Waals surface area contributed by atoms with Crippen molar-refractivity contribution in [2.45, 2.75) is 12.0 Å². The molecule has 5 nitrogen and oxygen atoms in total. The fourth-order valence-corrected chi connectivity index (χ4v) is 2.39. The summed E-state index contributed by atoms with van der Waals surface area (Å²) in [5.41, 5.74) is 0. The zero-order valence-corrected chi connectivity index (χ0v) is 9.88. The second-order valence-corrected chi connectivity index (χ2v) is 5.86. The predicted molar refractivity (Wildman–Crippen MR) is 45.6 cm³/mol. The molecule has 0 amide bonds. The zero-order valence-electron chi connectivity index (χ0n) is 8.25. The van der Waals surface area contributed by atoms with Crippen molar-refractivity contribution in [3.8, 4) is 0 Å². The maximum atomic E-state index is 13.4. The molecule has 0 aromatic rings. The minimum atomic E-state index is -5.82. The first-order valence-electron chi connectivity index (χ1n) is 3.86. The van der Waals surface area contributed by atoms with Crippen LogP contribution in [0.5, 0.6) is 0 Å². The van der Waals surface area contributed by atoms with Crippen LogP contribution in [0.1, 0.15) is 0 Å². The first kappa shape index (κ1) is 17.4. The Balaban J connectivity index is 5.29. The number of rotatable bonds is 7. The molecule has 18 heavy (non-hydrogen) atoms. The van der Waals surface area contributed by atoms with Gasteiger partial charge in [0.15, 0.2) is 6.67 Å². The van der Waals surface area contributed by atoms with Crippen molar-refractivity contribution >= 4 is 20.4 Å². The lowest BCUT2D eigenvalue weighted by molar-refractivity contribution is -0.321. The van der Waals surface area contributed by atoms with E-state index in [1.54, 1.807) is 0 Å². The highest BCUT2D eigenvalue weighted by molar-refractivity contribution is 7.87. The van der Waals surface area contributed by atoms with E-state index in [9.17, 15) is 42.2 Å². The summed E-state index contributed by atoms with van der Waals surface area (Å²) < 4.78 is 117. The molecule has 0 unspecified atom stereocenters. The summed E-state index contributed by atoms with van der Waals surface area (Å²) in [4.78, 5) is 0. The molecule has 0 bridgehead atoms. The lowest BCUT2D eigenvalue weighted by Crippen LogP contribution is -2.46. The van der Waals surface area contributed by atoms with Gasteiger partial charge in [-0.3, -0.25) is 4.74 Å². The second-order valence-electron chi connectivity index (χ2n) is 3.12. The van der Waals surface area contributed by atoms with Gasteiger partial charge in [-0.05, 0) is 0 Å². The quantitative estimate of drug-likeness (QED) is 0.512. The highest BCUT2D eigenvalue weighted by atomic mass is 32.3. The minimum Gasteiger partial charge on any atom is -0.278 e. The minimum absolute atomic E-state index is 2.53. The van der Waals surface area contributed by atoms with Crippen LogP contribution in [-0.2, 0) is 25.2 Å². The number of hydrogen-bond acceptors (Lipinski definition) is 5. The molecule has 0 spiro atoms. The Morgan fingerprint density at radius 2 is 1.22 bits per heavy atom. The van der Waals surface area contributed by atoms with Crippen molar-refractivity contribution in [2.24, 2.45) is 0 Å². The maximum Gasteiger partial charge on any atom is 0.386 e.